The zero-order valence-electron chi connectivity index (χ0n) is 10.9. The summed E-state index contributed by atoms with van der Waals surface area (Å²) in [5.74, 6) is 0.0556. The van der Waals surface area contributed by atoms with E-state index in [0.29, 0.717) is 13.1 Å². The van der Waals surface area contributed by atoms with Gasteiger partial charge in [0.15, 0.2) is 9.84 Å². The van der Waals surface area contributed by atoms with Crippen LogP contribution in [0.2, 0.25) is 0 Å². The maximum atomic E-state index is 11.8. The molecule has 1 unspecified atom stereocenters. The van der Waals surface area contributed by atoms with E-state index in [4.69, 9.17) is 0 Å². The Labute approximate surface area is 127 Å². The molecular formula is C13H17BrN2O3S. The number of amides is 1. The van der Waals surface area contributed by atoms with Gasteiger partial charge in [0, 0.05) is 30.0 Å². The van der Waals surface area contributed by atoms with E-state index in [1.165, 1.54) is 0 Å². The first-order valence-electron chi connectivity index (χ1n) is 6.39. The maximum absolute atomic E-state index is 11.8. The Morgan fingerprint density at radius 2 is 2.25 bits per heavy atom. The van der Waals surface area contributed by atoms with Crippen molar-refractivity contribution in [2.75, 3.05) is 18.1 Å². The fourth-order valence-electron chi connectivity index (χ4n) is 2.14. The van der Waals surface area contributed by atoms with Crippen LogP contribution in [0.1, 0.15) is 12.0 Å². The number of sulfone groups is 1. The molecule has 1 fully saturated rings. The van der Waals surface area contributed by atoms with Gasteiger partial charge in [-0.2, -0.15) is 0 Å². The highest BCUT2D eigenvalue weighted by Crippen LogP contribution is 2.11. The summed E-state index contributed by atoms with van der Waals surface area (Å²) in [7, 11) is -3.00. The third kappa shape index (κ3) is 4.88. The third-order valence-electron chi connectivity index (χ3n) is 3.11. The minimum Gasteiger partial charge on any atom is -0.352 e. The van der Waals surface area contributed by atoms with Crippen LogP contribution in [-0.2, 0) is 21.2 Å². The highest BCUT2D eigenvalue weighted by molar-refractivity contribution is 9.10. The van der Waals surface area contributed by atoms with Crippen LogP contribution in [0.4, 0.5) is 0 Å². The number of carbonyl (C=O) groups is 1. The van der Waals surface area contributed by atoms with E-state index in [9.17, 15) is 13.2 Å². The lowest BCUT2D eigenvalue weighted by atomic mass is 10.2. The minimum absolute atomic E-state index is 0.0390. The van der Waals surface area contributed by atoms with Crippen LogP contribution in [0, 0.1) is 0 Å². The molecule has 2 N–H and O–H groups in total. The maximum Gasteiger partial charge on any atom is 0.221 e. The SMILES string of the molecule is O=C(CC1CS(=O)(=O)CCN1)NCc1cccc(Br)c1. The van der Waals surface area contributed by atoms with Crippen LogP contribution in [0.25, 0.3) is 0 Å². The average molecular weight is 361 g/mol. The second-order valence-corrected chi connectivity index (χ2v) is 8.02. The lowest BCUT2D eigenvalue weighted by Crippen LogP contribution is -2.47. The first kappa shape index (κ1) is 15.5. The molecule has 1 aliphatic heterocycles. The van der Waals surface area contributed by atoms with Gasteiger partial charge >= 0.3 is 0 Å². The largest absolute Gasteiger partial charge is 0.352 e. The molecule has 0 aliphatic carbocycles. The summed E-state index contributed by atoms with van der Waals surface area (Å²) in [6.45, 7) is 0.865. The van der Waals surface area contributed by atoms with Crippen molar-refractivity contribution in [3.05, 3.63) is 34.3 Å². The van der Waals surface area contributed by atoms with E-state index < -0.39 is 9.84 Å². The number of carbonyl (C=O) groups excluding carboxylic acids is 1. The zero-order chi connectivity index (χ0) is 14.6. The summed E-state index contributed by atoms with van der Waals surface area (Å²) in [4.78, 5) is 11.8. The van der Waals surface area contributed by atoms with Gasteiger partial charge in [0.25, 0.3) is 0 Å². The van der Waals surface area contributed by atoms with Crippen LogP contribution in [0.5, 0.6) is 0 Å². The number of rotatable bonds is 4. The molecule has 1 aromatic rings. The quantitative estimate of drug-likeness (QED) is 0.834. The molecule has 2 rings (SSSR count). The molecule has 0 bridgehead atoms. The van der Waals surface area contributed by atoms with Crippen molar-refractivity contribution in [3.8, 4) is 0 Å². The number of nitrogens with one attached hydrogen (secondary N) is 2. The highest BCUT2D eigenvalue weighted by atomic mass is 79.9. The van der Waals surface area contributed by atoms with Crippen LogP contribution < -0.4 is 10.6 Å². The van der Waals surface area contributed by atoms with Gasteiger partial charge in [-0.25, -0.2) is 8.42 Å². The standard InChI is InChI=1S/C13H17BrN2O3S/c14-11-3-1-2-10(6-11)8-16-13(17)7-12-9-20(18,19)5-4-15-12/h1-3,6,12,15H,4-5,7-9H2,(H,16,17). The number of hydrogen-bond acceptors (Lipinski definition) is 4. The molecule has 7 heteroatoms. The molecule has 1 heterocycles. The summed E-state index contributed by atoms with van der Waals surface area (Å²) in [5, 5.41) is 5.87. The smallest absolute Gasteiger partial charge is 0.221 e. The van der Waals surface area contributed by atoms with E-state index in [1.54, 1.807) is 0 Å². The van der Waals surface area contributed by atoms with Gasteiger partial charge in [-0.1, -0.05) is 28.1 Å². The predicted molar refractivity (Wildman–Crippen MR) is 81.1 cm³/mol. The van der Waals surface area contributed by atoms with Crippen molar-refractivity contribution in [1.82, 2.24) is 10.6 Å². The Kier molecular flexibility index (Phi) is 5.17. The van der Waals surface area contributed by atoms with Gasteiger partial charge in [0.05, 0.1) is 11.5 Å². The van der Waals surface area contributed by atoms with Crippen molar-refractivity contribution < 1.29 is 13.2 Å². The Morgan fingerprint density at radius 3 is 2.95 bits per heavy atom. The van der Waals surface area contributed by atoms with E-state index in [0.717, 1.165) is 10.0 Å². The molecular weight excluding hydrogens is 344 g/mol. The molecule has 1 amide bonds. The van der Waals surface area contributed by atoms with Crippen LogP contribution >= 0.6 is 15.9 Å². The normalized spacial score (nSPS) is 21.4. The van der Waals surface area contributed by atoms with Gasteiger partial charge in [0.1, 0.15) is 0 Å². The average Bonchev–Trinajstić information content (AvgIpc) is 2.35. The molecule has 0 saturated carbocycles. The van der Waals surface area contributed by atoms with Crippen molar-refractivity contribution >= 4 is 31.7 Å². The van der Waals surface area contributed by atoms with Crippen molar-refractivity contribution in [2.24, 2.45) is 0 Å². The second kappa shape index (κ2) is 6.69. The molecule has 1 saturated heterocycles. The molecule has 0 radical (unpaired) electrons. The predicted octanol–water partition coefficient (Wildman–Crippen LogP) is 0.842. The van der Waals surface area contributed by atoms with Crippen LogP contribution in [-0.4, -0.2) is 38.4 Å². The van der Waals surface area contributed by atoms with Gasteiger partial charge in [-0.15, -0.1) is 0 Å². The topological polar surface area (TPSA) is 75.3 Å². The van der Waals surface area contributed by atoms with E-state index >= 15 is 0 Å². The first-order valence-corrected chi connectivity index (χ1v) is 9.01. The summed E-state index contributed by atoms with van der Waals surface area (Å²) >= 11 is 3.37. The number of hydrogen-bond donors (Lipinski definition) is 2. The second-order valence-electron chi connectivity index (χ2n) is 4.88. The molecule has 20 heavy (non-hydrogen) atoms. The zero-order valence-corrected chi connectivity index (χ0v) is 13.3. The molecule has 1 aromatic carbocycles. The van der Waals surface area contributed by atoms with Crippen molar-refractivity contribution in [3.63, 3.8) is 0 Å². The summed E-state index contributed by atoms with van der Waals surface area (Å²) in [6.07, 6.45) is 0.188. The molecule has 0 spiro atoms. The Morgan fingerprint density at radius 1 is 1.45 bits per heavy atom. The minimum atomic E-state index is -3.00. The monoisotopic (exact) mass is 360 g/mol. The van der Waals surface area contributed by atoms with Crippen LogP contribution in [0.3, 0.4) is 0 Å². The van der Waals surface area contributed by atoms with Crippen LogP contribution in [0.15, 0.2) is 28.7 Å². The highest BCUT2D eigenvalue weighted by Gasteiger charge is 2.25. The van der Waals surface area contributed by atoms with Gasteiger partial charge < -0.3 is 10.6 Å². The summed E-state index contributed by atoms with van der Waals surface area (Å²) < 4.78 is 23.9. The van der Waals surface area contributed by atoms with E-state index in [1.807, 2.05) is 24.3 Å². The molecule has 1 aliphatic rings. The Hall–Kier alpha value is -0.920. The van der Waals surface area contributed by atoms with Crippen molar-refractivity contribution in [1.29, 1.82) is 0 Å². The van der Waals surface area contributed by atoms with E-state index in [-0.39, 0.29) is 29.9 Å². The van der Waals surface area contributed by atoms with Gasteiger partial charge in [0.2, 0.25) is 5.91 Å². The third-order valence-corrected chi connectivity index (χ3v) is 5.34. The fraction of sp³-hybridized carbons (Fsp3) is 0.462. The summed E-state index contributed by atoms with van der Waals surface area (Å²) in [6, 6.07) is 7.40. The Balaban J connectivity index is 1.81. The molecule has 110 valence electrons. The van der Waals surface area contributed by atoms with Gasteiger partial charge in [-0.05, 0) is 17.7 Å². The lowest BCUT2D eigenvalue weighted by Gasteiger charge is -2.23. The number of benzene rings is 1. The molecule has 0 aromatic heterocycles. The summed E-state index contributed by atoms with van der Waals surface area (Å²) in [5.41, 5.74) is 0.997. The van der Waals surface area contributed by atoms with Gasteiger partial charge in [-0.3, -0.25) is 4.79 Å². The fourth-order valence-corrected chi connectivity index (χ4v) is 4.03. The first-order chi connectivity index (χ1) is 9.44. The Bertz CT molecular complexity index is 589. The molecule has 1 atom stereocenters. The van der Waals surface area contributed by atoms with Crippen molar-refractivity contribution in [2.45, 2.75) is 19.0 Å². The lowest BCUT2D eigenvalue weighted by molar-refractivity contribution is -0.121. The van der Waals surface area contributed by atoms with E-state index in [2.05, 4.69) is 26.6 Å². The number of halogens is 1. The molecule has 5 nitrogen and oxygen atoms in total.